The fraction of sp³-hybridized carbons (Fsp3) is 0.169. The van der Waals surface area contributed by atoms with Gasteiger partial charge in [-0.05, 0) is 192 Å². The number of hydrogen-bond acceptors (Lipinski definition) is 3. The number of aryl methyl sites for hydroxylation is 1. The van der Waals surface area contributed by atoms with E-state index in [1.54, 1.807) is 0 Å². The van der Waals surface area contributed by atoms with Gasteiger partial charge >= 0.3 is 0 Å². The molecule has 0 heterocycles. The first kappa shape index (κ1) is 41.8. The molecule has 3 nitrogen and oxygen atoms in total. The largest absolute Gasteiger partial charge is 0.310 e. The van der Waals surface area contributed by atoms with Gasteiger partial charge in [-0.3, -0.25) is 0 Å². The SMILES string of the molecule is Cc1cccc2c1-c1ccc(-c3ccc(N(c4ccc(C56CCC(CC5)C6)cc4)c4cc(N(c5ccccc5)c5ccccc5)cc(N(c5ccccc5)c5ccccc5)c4)cc3)cc1C2(C)C. The Hall–Kier alpha value is -7.62. The Morgan fingerprint density at radius 2 is 0.809 bits per heavy atom. The van der Waals surface area contributed by atoms with Gasteiger partial charge in [0.15, 0.2) is 0 Å². The minimum atomic E-state index is -0.0729. The third-order valence-electron chi connectivity index (χ3n) is 15.6. The van der Waals surface area contributed by atoms with Crippen molar-refractivity contribution in [3.63, 3.8) is 0 Å². The van der Waals surface area contributed by atoms with E-state index >= 15 is 0 Å². The van der Waals surface area contributed by atoms with Gasteiger partial charge in [0.1, 0.15) is 0 Å². The van der Waals surface area contributed by atoms with E-state index in [4.69, 9.17) is 0 Å². The lowest BCUT2D eigenvalue weighted by Crippen LogP contribution is -2.20. The third-order valence-corrected chi connectivity index (χ3v) is 15.6. The number of fused-ring (bicyclic) bond motifs is 5. The second-order valence-electron chi connectivity index (χ2n) is 20.0. The van der Waals surface area contributed by atoms with Crippen molar-refractivity contribution >= 4 is 51.2 Å². The zero-order valence-corrected chi connectivity index (χ0v) is 39.3. The van der Waals surface area contributed by atoms with E-state index in [-0.39, 0.29) is 5.41 Å². The average Bonchev–Trinajstić information content (AvgIpc) is 4.08. The summed E-state index contributed by atoms with van der Waals surface area (Å²) in [6.07, 6.45) is 6.68. The van der Waals surface area contributed by atoms with Crippen LogP contribution in [0.2, 0.25) is 0 Å². The smallest absolute Gasteiger partial charge is 0.0503 e. The van der Waals surface area contributed by atoms with Crippen LogP contribution in [-0.2, 0) is 10.8 Å². The molecule has 0 aromatic heterocycles. The van der Waals surface area contributed by atoms with Gasteiger partial charge in [0.05, 0.1) is 17.1 Å². The topological polar surface area (TPSA) is 9.72 Å². The van der Waals surface area contributed by atoms with Gasteiger partial charge in [0.2, 0.25) is 0 Å². The van der Waals surface area contributed by atoms with Crippen LogP contribution >= 0.6 is 0 Å². The molecule has 2 saturated carbocycles. The summed E-state index contributed by atoms with van der Waals surface area (Å²) in [6.45, 7) is 7.00. The first-order chi connectivity index (χ1) is 33.3. The highest BCUT2D eigenvalue weighted by Crippen LogP contribution is 2.56. The van der Waals surface area contributed by atoms with Crippen LogP contribution in [0.4, 0.5) is 51.2 Å². The Morgan fingerprint density at radius 1 is 0.382 bits per heavy atom. The summed E-state index contributed by atoms with van der Waals surface area (Å²) in [5.74, 6) is 0.886. The lowest BCUT2D eigenvalue weighted by molar-refractivity contribution is 0.419. The van der Waals surface area contributed by atoms with Gasteiger partial charge in [-0.15, -0.1) is 0 Å². The molecular formula is C65H57N3. The Balaban J connectivity index is 1.04. The maximum Gasteiger partial charge on any atom is 0.0503 e. The maximum atomic E-state index is 2.47. The maximum absolute atomic E-state index is 2.47. The van der Waals surface area contributed by atoms with E-state index in [0.717, 1.165) is 57.1 Å². The van der Waals surface area contributed by atoms with Gasteiger partial charge in [-0.2, -0.15) is 0 Å². The number of nitrogens with zero attached hydrogens (tertiary/aromatic N) is 3. The standard InChI is InChI=1S/C65H57N3/c1-46-17-16-26-61-63(46)60-36-29-49(41-62(60)64(61,2)3)48-27-32-55(33-28-48)68(56-34-30-50(31-35-56)65-39-37-47(45-65)38-40-65)59-43-57(66(51-18-8-4-9-19-51)52-20-10-5-11-21-52)42-58(44-59)67(53-22-12-6-13-23-53)54-24-14-7-15-25-54/h4-36,41-44,47H,37-40,45H2,1-3H3. The highest BCUT2D eigenvalue weighted by Gasteiger charge is 2.45. The average molecular weight is 880 g/mol. The molecule has 332 valence electrons. The van der Waals surface area contributed by atoms with Crippen molar-refractivity contribution in [1.82, 2.24) is 0 Å². The van der Waals surface area contributed by atoms with Crippen LogP contribution in [0.15, 0.2) is 224 Å². The molecule has 3 heteroatoms. The lowest BCUT2D eigenvalue weighted by atomic mass is 9.78. The van der Waals surface area contributed by atoms with E-state index < -0.39 is 0 Å². The molecule has 9 aromatic rings. The first-order valence-electron chi connectivity index (χ1n) is 24.5. The Kier molecular flexibility index (Phi) is 10.4. The summed E-state index contributed by atoms with van der Waals surface area (Å²) >= 11 is 0. The Labute approximate surface area is 402 Å². The number of anilines is 9. The van der Waals surface area contributed by atoms with Gasteiger partial charge in [0, 0.05) is 39.5 Å². The predicted molar refractivity (Wildman–Crippen MR) is 286 cm³/mol. The van der Waals surface area contributed by atoms with E-state index in [9.17, 15) is 0 Å². The Morgan fingerprint density at radius 3 is 1.25 bits per heavy atom. The zero-order valence-electron chi connectivity index (χ0n) is 39.3. The number of benzene rings is 9. The molecule has 0 saturated heterocycles. The zero-order chi connectivity index (χ0) is 45.8. The number of para-hydroxylation sites is 4. The fourth-order valence-corrected chi connectivity index (χ4v) is 12.1. The molecule has 2 bridgehead atoms. The summed E-state index contributed by atoms with van der Waals surface area (Å²) in [7, 11) is 0. The number of rotatable bonds is 11. The van der Waals surface area contributed by atoms with Crippen molar-refractivity contribution in [1.29, 1.82) is 0 Å². The van der Waals surface area contributed by atoms with Gasteiger partial charge in [-0.25, -0.2) is 0 Å². The minimum Gasteiger partial charge on any atom is -0.310 e. The molecule has 0 unspecified atom stereocenters. The summed E-state index contributed by atoms with van der Waals surface area (Å²) in [5, 5.41) is 0. The van der Waals surface area contributed by atoms with E-state index in [1.165, 1.54) is 76.6 Å². The molecule has 12 rings (SSSR count). The highest BCUT2D eigenvalue weighted by molar-refractivity contribution is 5.90. The molecule has 0 spiro atoms. The summed E-state index contributed by atoms with van der Waals surface area (Å²) < 4.78 is 0. The van der Waals surface area contributed by atoms with Crippen molar-refractivity contribution in [2.75, 3.05) is 14.7 Å². The molecule has 3 aliphatic rings. The van der Waals surface area contributed by atoms with Crippen LogP contribution in [0, 0.1) is 12.8 Å². The van der Waals surface area contributed by atoms with Crippen molar-refractivity contribution in [2.24, 2.45) is 5.92 Å². The summed E-state index contributed by atoms with van der Waals surface area (Å²) in [5.41, 5.74) is 20.9. The monoisotopic (exact) mass is 879 g/mol. The van der Waals surface area contributed by atoms with Crippen LogP contribution in [0.25, 0.3) is 22.3 Å². The first-order valence-corrected chi connectivity index (χ1v) is 24.5. The highest BCUT2D eigenvalue weighted by atomic mass is 15.2. The molecule has 68 heavy (non-hydrogen) atoms. The molecule has 0 atom stereocenters. The molecule has 0 radical (unpaired) electrons. The Bertz CT molecular complexity index is 3040. The van der Waals surface area contributed by atoms with E-state index in [2.05, 4.69) is 260 Å². The van der Waals surface area contributed by atoms with Gasteiger partial charge in [-0.1, -0.05) is 141 Å². The third kappa shape index (κ3) is 7.29. The lowest BCUT2D eigenvalue weighted by Gasteiger charge is -2.33. The minimum absolute atomic E-state index is 0.0729. The van der Waals surface area contributed by atoms with Crippen molar-refractivity contribution in [2.45, 2.75) is 63.7 Å². The molecule has 3 aliphatic carbocycles. The van der Waals surface area contributed by atoms with Crippen LogP contribution in [0.3, 0.4) is 0 Å². The molecule has 0 N–H and O–H groups in total. The number of hydrogen-bond donors (Lipinski definition) is 0. The van der Waals surface area contributed by atoms with Gasteiger partial charge in [0.25, 0.3) is 0 Å². The summed E-state index contributed by atoms with van der Waals surface area (Å²) in [4.78, 5) is 7.24. The molecule has 0 aliphatic heterocycles. The van der Waals surface area contributed by atoms with Crippen molar-refractivity contribution < 1.29 is 0 Å². The molecule has 0 amide bonds. The molecule has 2 fully saturated rings. The van der Waals surface area contributed by atoms with E-state index in [1.807, 2.05) is 0 Å². The van der Waals surface area contributed by atoms with Gasteiger partial charge < -0.3 is 14.7 Å². The van der Waals surface area contributed by atoms with Crippen LogP contribution in [0.5, 0.6) is 0 Å². The second kappa shape index (κ2) is 16.9. The predicted octanol–water partition coefficient (Wildman–Crippen LogP) is 18.2. The van der Waals surface area contributed by atoms with Crippen molar-refractivity contribution in [3.8, 4) is 22.3 Å². The van der Waals surface area contributed by atoms with Crippen molar-refractivity contribution in [3.05, 3.63) is 247 Å². The summed E-state index contributed by atoms with van der Waals surface area (Å²) in [6, 6.07) is 83.0. The second-order valence-corrected chi connectivity index (χ2v) is 20.0. The molecule has 9 aromatic carbocycles. The van der Waals surface area contributed by atoms with Crippen LogP contribution in [0.1, 0.15) is 68.2 Å². The fourth-order valence-electron chi connectivity index (χ4n) is 12.1. The van der Waals surface area contributed by atoms with E-state index in [0.29, 0.717) is 5.41 Å². The normalized spacial score (nSPS) is 17.4. The van der Waals surface area contributed by atoms with Crippen LogP contribution in [-0.4, -0.2) is 0 Å². The molecular weight excluding hydrogens is 823 g/mol. The van der Waals surface area contributed by atoms with Crippen LogP contribution < -0.4 is 14.7 Å². The quantitative estimate of drug-likeness (QED) is 0.128.